The smallest absolute Gasteiger partial charge is 0.332 e. The summed E-state index contributed by atoms with van der Waals surface area (Å²) < 4.78 is 0. The summed E-state index contributed by atoms with van der Waals surface area (Å²) in [5.74, 6) is 0. The Morgan fingerprint density at radius 3 is 3.00 bits per heavy atom. The molecule has 0 heterocycles. The van der Waals surface area contributed by atoms with Crippen molar-refractivity contribution in [3.8, 4) is 0 Å². The van der Waals surface area contributed by atoms with E-state index in [-0.39, 0.29) is 0 Å². The minimum atomic E-state index is -0.694. The predicted molar refractivity (Wildman–Crippen MR) is 56.5 cm³/mol. The molecule has 1 rings (SSSR count). The van der Waals surface area contributed by atoms with Crippen molar-refractivity contribution in [2.45, 2.75) is 6.92 Å². The number of hydrogen-bond acceptors (Lipinski definition) is 2. The lowest BCUT2D eigenvalue weighted by atomic mass is 10.1. The molecule has 1 aromatic rings. The van der Waals surface area contributed by atoms with E-state index >= 15 is 0 Å². The molecule has 0 fully saturated rings. The monoisotopic (exact) mass is 211 g/mol. The summed E-state index contributed by atoms with van der Waals surface area (Å²) in [5, 5.41) is 4.30. The van der Waals surface area contributed by atoms with Gasteiger partial charge in [0.15, 0.2) is 0 Å². The lowest BCUT2D eigenvalue weighted by Gasteiger charge is -2.00. The highest BCUT2D eigenvalue weighted by Crippen LogP contribution is 2.16. The second-order valence-electron chi connectivity index (χ2n) is 2.69. The third-order valence-corrected chi connectivity index (χ3v) is 2.10. The van der Waals surface area contributed by atoms with E-state index in [1.165, 1.54) is 6.21 Å². The van der Waals surface area contributed by atoms with Gasteiger partial charge in [0.1, 0.15) is 0 Å². The molecule has 14 heavy (non-hydrogen) atoms. The number of nitrogens with zero attached hydrogens (tertiary/aromatic N) is 1. The van der Waals surface area contributed by atoms with Gasteiger partial charge in [0.2, 0.25) is 0 Å². The summed E-state index contributed by atoms with van der Waals surface area (Å²) >= 11 is 5.88. The minimum Gasteiger partial charge on any atom is -0.350 e. The number of amides is 2. The molecule has 0 radical (unpaired) electrons. The van der Waals surface area contributed by atoms with Crippen molar-refractivity contribution in [3.63, 3.8) is 0 Å². The SMILES string of the molecule is Cc1c(Cl)cccc1/C=N/NC(N)=O. The fraction of sp³-hybridized carbons (Fsp3) is 0.111. The molecule has 0 spiro atoms. The molecule has 0 bridgehead atoms. The molecule has 0 aliphatic rings. The number of nitrogens with one attached hydrogen (secondary N) is 1. The van der Waals surface area contributed by atoms with Crippen LogP contribution in [0.4, 0.5) is 4.79 Å². The zero-order chi connectivity index (χ0) is 10.6. The van der Waals surface area contributed by atoms with Crippen LogP contribution in [0, 0.1) is 6.92 Å². The van der Waals surface area contributed by atoms with Gasteiger partial charge in [-0.25, -0.2) is 10.2 Å². The van der Waals surface area contributed by atoms with Crippen LogP contribution in [0.3, 0.4) is 0 Å². The molecule has 1 aromatic carbocycles. The summed E-state index contributed by atoms with van der Waals surface area (Å²) in [6, 6.07) is 4.74. The Morgan fingerprint density at radius 1 is 1.64 bits per heavy atom. The van der Waals surface area contributed by atoms with Gasteiger partial charge in [-0.05, 0) is 24.1 Å². The molecule has 0 saturated carbocycles. The Labute approximate surface area is 86.7 Å². The summed E-state index contributed by atoms with van der Waals surface area (Å²) in [5.41, 5.74) is 8.69. The van der Waals surface area contributed by atoms with Crippen LogP contribution in [0.1, 0.15) is 11.1 Å². The number of hydrogen-bond donors (Lipinski definition) is 2. The number of hydrazone groups is 1. The lowest BCUT2D eigenvalue weighted by Crippen LogP contribution is -2.24. The first kappa shape index (κ1) is 10.5. The van der Waals surface area contributed by atoms with E-state index in [4.69, 9.17) is 17.3 Å². The Hall–Kier alpha value is -1.55. The fourth-order valence-electron chi connectivity index (χ4n) is 0.929. The highest BCUT2D eigenvalue weighted by molar-refractivity contribution is 6.31. The molecule has 0 saturated heterocycles. The third-order valence-electron chi connectivity index (χ3n) is 1.69. The molecule has 0 unspecified atom stereocenters. The highest BCUT2D eigenvalue weighted by Gasteiger charge is 1.98. The van der Waals surface area contributed by atoms with E-state index in [0.29, 0.717) is 5.02 Å². The molecule has 5 heteroatoms. The standard InChI is InChI=1S/C9H10ClN3O/c1-6-7(3-2-4-8(6)10)5-12-13-9(11)14/h2-5H,1H3,(H3,11,13,14)/b12-5+. The number of urea groups is 1. The minimum absolute atomic E-state index is 0.660. The maximum Gasteiger partial charge on any atom is 0.332 e. The van der Waals surface area contributed by atoms with Gasteiger partial charge in [0.25, 0.3) is 0 Å². The van der Waals surface area contributed by atoms with Crippen molar-refractivity contribution in [1.82, 2.24) is 5.43 Å². The average molecular weight is 212 g/mol. The molecule has 0 aromatic heterocycles. The Morgan fingerprint density at radius 2 is 2.36 bits per heavy atom. The maximum atomic E-state index is 10.3. The Bertz CT molecular complexity index is 376. The van der Waals surface area contributed by atoms with Crippen LogP contribution in [0.15, 0.2) is 23.3 Å². The van der Waals surface area contributed by atoms with E-state index in [1.54, 1.807) is 12.1 Å². The predicted octanol–water partition coefficient (Wildman–Crippen LogP) is 1.65. The van der Waals surface area contributed by atoms with Crippen molar-refractivity contribution in [3.05, 3.63) is 34.3 Å². The van der Waals surface area contributed by atoms with Crippen molar-refractivity contribution in [1.29, 1.82) is 0 Å². The summed E-state index contributed by atoms with van der Waals surface area (Å²) in [6.07, 6.45) is 1.49. The molecular weight excluding hydrogens is 202 g/mol. The first-order valence-electron chi connectivity index (χ1n) is 3.95. The molecule has 2 amide bonds. The first-order chi connectivity index (χ1) is 6.61. The summed E-state index contributed by atoms with van der Waals surface area (Å²) in [6.45, 7) is 1.87. The van der Waals surface area contributed by atoms with Gasteiger partial charge < -0.3 is 5.73 Å². The topological polar surface area (TPSA) is 67.5 Å². The van der Waals surface area contributed by atoms with Gasteiger partial charge in [-0.1, -0.05) is 23.7 Å². The average Bonchev–Trinajstić information content (AvgIpc) is 2.12. The quantitative estimate of drug-likeness (QED) is 0.567. The van der Waals surface area contributed by atoms with E-state index in [1.807, 2.05) is 13.0 Å². The zero-order valence-electron chi connectivity index (χ0n) is 7.62. The largest absolute Gasteiger partial charge is 0.350 e. The van der Waals surface area contributed by atoms with Gasteiger partial charge in [-0.2, -0.15) is 5.10 Å². The van der Waals surface area contributed by atoms with Crippen molar-refractivity contribution in [2.75, 3.05) is 0 Å². The van der Waals surface area contributed by atoms with Crippen molar-refractivity contribution < 1.29 is 4.79 Å². The third kappa shape index (κ3) is 2.74. The van der Waals surface area contributed by atoms with E-state index < -0.39 is 6.03 Å². The molecule has 0 aliphatic carbocycles. The summed E-state index contributed by atoms with van der Waals surface area (Å²) in [4.78, 5) is 10.3. The van der Waals surface area contributed by atoms with Crippen LogP contribution in [-0.2, 0) is 0 Å². The molecule has 74 valence electrons. The van der Waals surface area contributed by atoms with Crippen molar-refractivity contribution >= 4 is 23.8 Å². The highest BCUT2D eigenvalue weighted by atomic mass is 35.5. The second kappa shape index (κ2) is 4.62. The molecule has 3 N–H and O–H groups in total. The second-order valence-corrected chi connectivity index (χ2v) is 3.10. The zero-order valence-corrected chi connectivity index (χ0v) is 8.38. The molecule has 0 aliphatic heterocycles. The number of benzene rings is 1. The van der Waals surface area contributed by atoms with Gasteiger partial charge in [0.05, 0.1) is 6.21 Å². The number of carbonyl (C=O) groups is 1. The Kier molecular flexibility index (Phi) is 3.48. The number of rotatable bonds is 2. The number of carbonyl (C=O) groups excluding carboxylic acids is 1. The van der Waals surface area contributed by atoms with E-state index in [2.05, 4.69) is 10.5 Å². The Balaban J connectivity index is 2.81. The number of primary amides is 1. The van der Waals surface area contributed by atoms with Gasteiger partial charge in [-0.15, -0.1) is 0 Å². The van der Waals surface area contributed by atoms with Crippen LogP contribution < -0.4 is 11.2 Å². The number of nitrogens with two attached hydrogens (primary N) is 1. The van der Waals surface area contributed by atoms with Crippen LogP contribution in [-0.4, -0.2) is 12.2 Å². The van der Waals surface area contributed by atoms with Gasteiger partial charge in [-0.3, -0.25) is 0 Å². The van der Waals surface area contributed by atoms with Crippen LogP contribution >= 0.6 is 11.6 Å². The van der Waals surface area contributed by atoms with Gasteiger partial charge in [0, 0.05) is 5.02 Å². The van der Waals surface area contributed by atoms with Crippen LogP contribution in [0.5, 0.6) is 0 Å². The molecule has 4 nitrogen and oxygen atoms in total. The van der Waals surface area contributed by atoms with Crippen LogP contribution in [0.25, 0.3) is 0 Å². The lowest BCUT2D eigenvalue weighted by molar-refractivity contribution is 0.249. The fourth-order valence-corrected chi connectivity index (χ4v) is 1.11. The number of halogens is 1. The molecular formula is C9H10ClN3O. The van der Waals surface area contributed by atoms with E-state index in [0.717, 1.165) is 11.1 Å². The molecule has 0 atom stereocenters. The van der Waals surface area contributed by atoms with E-state index in [9.17, 15) is 4.79 Å². The van der Waals surface area contributed by atoms with Gasteiger partial charge >= 0.3 is 6.03 Å². The normalized spacial score (nSPS) is 10.4. The first-order valence-corrected chi connectivity index (χ1v) is 4.32. The van der Waals surface area contributed by atoms with Crippen molar-refractivity contribution in [2.24, 2.45) is 10.8 Å². The summed E-state index contributed by atoms with van der Waals surface area (Å²) in [7, 11) is 0. The van der Waals surface area contributed by atoms with Crippen LogP contribution in [0.2, 0.25) is 5.02 Å². The maximum absolute atomic E-state index is 10.3.